The number of hydrogen-bond acceptors (Lipinski definition) is 5. The lowest BCUT2D eigenvalue weighted by Crippen LogP contribution is -2.49. The summed E-state index contributed by atoms with van der Waals surface area (Å²) in [6.07, 6.45) is 1.52. The maximum absolute atomic E-state index is 13.6. The summed E-state index contributed by atoms with van der Waals surface area (Å²) < 4.78 is 30.2. The van der Waals surface area contributed by atoms with Gasteiger partial charge in [-0.3, -0.25) is 9.48 Å². The number of rotatable bonds is 7. The molecule has 186 valence electrons. The summed E-state index contributed by atoms with van der Waals surface area (Å²) in [5, 5.41) is 7.03. The van der Waals surface area contributed by atoms with Gasteiger partial charge in [0.15, 0.2) is 0 Å². The number of nitrogens with zero attached hydrogens (tertiary/aromatic N) is 4. The van der Waals surface area contributed by atoms with E-state index in [9.17, 15) is 13.2 Å². The normalized spacial score (nSPS) is 15.7. The number of sulfonamides is 1. The van der Waals surface area contributed by atoms with Crippen LogP contribution >= 0.6 is 0 Å². The Morgan fingerprint density at radius 1 is 1.03 bits per heavy atom. The molecule has 1 aromatic heterocycles. The Kier molecular flexibility index (Phi) is 7.28. The van der Waals surface area contributed by atoms with E-state index in [0.717, 1.165) is 11.3 Å². The van der Waals surface area contributed by atoms with Gasteiger partial charge in [-0.15, -0.1) is 0 Å². The minimum Gasteiger partial charge on any atom is -0.369 e. The van der Waals surface area contributed by atoms with Crippen LogP contribution in [-0.2, 0) is 16.6 Å². The van der Waals surface area contributed by atoms with Crippen molar-refractivity contribution in [2.45, 2.75) is 45.3 Å². The largest absolute Gasteiger partial charge is 0.369 e. The number of aryl methyl sites for hydroxylation is 2. The third kappa shape index (κ3) is 5.11. The van der Waals surface area contributed by atoms with Crippen molar-refractivity contribution in [3.8, 4) is 0 Å². The summed E-state index contributed by atoms with van der Waals surface area (Å²) in [5.74, 6) is -0.450. The lowest BCUT2D eigenvalue weighted by Gasteiger charge is -2.36. The van der Waals surface area contributed by atoms with Crippen molar-refractivity contribution in [3.63, 3.8) is 0 Å². The van der Waals surface area contributed by atoms with Crippen molar-refractivity contribution >= 4 is 21.6 Å². The minimum absolute atomic E-state index is 0.0755. The molecule has 3 aromatic rings. The average Bonchev–Trinajstić information content (AvgIpc) is 3.32. The highest BCUT2D eigenvalue weighted by atomic mass is 32.2. The van der Waals surface area contributed by atoms with Crippen molar-refractivity contribution < 1.29 is 13.2 Å². The number of nitrogens with one attached hydrogen (secondary N) is 1. The molecular weight excluding hydrogens is 462 g/mol. The second kappa shape index (κ2) is 10.2. The second-order valence-electron chi connectivity index (χ2n) is 8.92. The van der Waals surface area contributed by atoms with Gasteiger partial charge in [-0.05, 0) is 50.5 Å². The number of anilines is 1. The first-order valence-electron chi connectivity index (χ1n) is 12.0. The van der Waals surface area contributed by atoms with Gasteiger partial charge in [-0.25, -0.2) is 8.42 Å². The quantitative estimate of drug-likeness (QED) is 0.542. The number of benzene rings is 2. The maximum atomic E-state index is 13.6. The smallest absolute Gasteiger partial charge is 0.263 e. The first-order chi connectivity index (χ1) is 16.7. The van der Waals surface area contributed by atoms with Gasteiger partial charge in [0.1, 0.15) is 0 Å². The molecule has 1 N–H and O–H groups in total. The fraction of sp³-hybridized carbons (Fsp3) is 0.385. The molecule has 4 rings (SSSR count). The fourth-order valence-corrected chi connectivity index (χ4v) is 5.90. The van der Waals surface area contributed by atoms with Gasteiger partial charge < -0.3 is 10.2 Å². The van der Waals surface area contributed by atoms with E-state index < -0.39 is 15.9 Å². The number of carbonyl (C=O) groups is 1. The standard InChI is InChI=1S/C26H33N5O3S/c1-5-30-18-23(25(32)27-21(4)22-11-7-6-8-12-22)26(28-30)35(33,34)31-16-14-29(15-17-31)24-13-9-10-19(2)20(24)3/h6-13,18,21H,5,14-17H2,1-4H3,(H,27,32)/t21-/m0/s1. The molecule has 0 unspecified atom stereocenters. The molecule has 35 heavy (non-hydrogen) atoms. The van der Waals surface area contributed by atoms with Crippen LogP contribution in [0.1, 0.15) is 46.9 Å². The zero-order valence-corrected chi connectivity index (χ0v) is 21.5. The average molecular weight is 496 g/mol. The Hall–Kier alpha value is -3.17. The van der Waals surface area contributed by atoms with Gasteiger partial charge in [0.25, 0.3) is 15.9 Å². The molecule has 1 fully saturated rings. The maximum Gasteiger partial charge on any atom is 0.263 e. The van der Waals surface area contributed by atoms with Gasteiger partial charge in [0.05, 0.1) is 11.6 Å². The highest BCUT2D eigenvalue weighted by Gasteiger charge is 2.35. The Morgan fingerprint density at radius 3 is 2.37 bits per heavy atom. The lowest BCUT2D eigenvalue weighted by atomic mass is 10.1. The van der Waals surface area contributed by atoms with E-state index in [0.29, 0.717) is 32.7 Å². The van der Waals surface area contributed by atoms with Crippen LogP contribution in [-0.4, -0.2) is 54.6 Å². The van der Waals surface area contributed by atoms with E-state index in [1.165, 1.54) is 26.3 Å². The van der Waals surface area contributed by atoms with Crippen molar-refractivity contribution in [1.29, 1.82) is 0 Å². The molecule has 0 aliphatic carbocycles. The van der Waals surface area contributed by atoms with Gasteiger partial charge in [-0.2, -0.15) is 9.40 Å². The number of piperazine rings is 1. The molecule has 8 nitrogen and oxygen atoms in total. The van der Waals surface area contributed by atoms with Crippen LogP contribution in [0.3, 0.4) is 0 Å². The molecule has 2 aromatic carbocycles. The summed E-state index contributed by atoms with van der Waals surface area (Å²) in [5.41, 5.74) is 4.56. The summed E-state index contributed by atoms with van der Waals surface area (Å²) in [7, 11) is -3.94. The van der Waals surface area contributed by atoms with E-state index in [1.807, 2.05) is 50.2 Å². The molecule has 9 heteroatoms. The van der Waals surface area contributed by atoms with Crippen molar-refractivity contribution in [2.75, 3.05) is 31.1 Å². The van der Waals surface area contributed by atoms with Gasteiger partial charge >= 0.3 is 0 Å². The molecule has 1 aliphatic heterocycles. The molecule has 2 heterocycles. The van der Waals surface area contributed by atoms with Crippen LogP contribution in [0.4, 0.5) is 5.69 Å². The Labute approximate surface area is 207 Å². The van der Waals surface area contributed by atoms with Crippen LogP contribution in [0, 0.1) is 13.8 Å². The van der Waals surface area contributed by atoms with Gasteiger partial charge in [-0.1, -0.05) is 42.5 Å². The molecule has 1 aliphatic rings. The summed E-state index contributed by atoms with van der Waals surface area (Å²) >= 11 is 0. The Bertz CT molecular complexity index is 1300. The van der Waals surface area contributed by atoms with Crippen molar-refractivity contribution in [1.82, 2.24) is 19.4 Å². The van der Waals surface area contributed by atoms with Crippen LogP contribution in [0.2, 0.25) is 0 Å². The predicted octanol–water partition coefficient (Wildman–Crippen LogP) is 3.52. The summed E-state index contributed by atoms with van der Waals surface area (Å²) in [6.45, 7) is 10.2. The zero-order valence-electron chi connectivity index (χ0n) is 20.7. The summed E-state index contributed by atoms with van der Waals surface area (Å²) in [4.78, 5) is 15.4. The Morgan fingerprint density at radius 2 is 1.71 bits per heavy atom. The highest BCUT2D eigenvalue weighted by molar-refractivity contribution is 7.89. The molecule has 1 amide bonds. The van der Waals surface area contributed by atoms with Crippen LogP contribution < -0.4 is 10.2 Å². The molecule has 1 atom stereocenters. The number of amides is 1. The second-order valence-corrected chi connectivity index (χ2v) is 10.8. The predicted molar refractivity (Wildman–Crippen MR) is 137 cm³/mol. The van der Waals surface area contributed by atoms with Crippen LogP contribution in [0.5, 0.6) is 0 Å². The monoisotopic (exact) mass is 495 g/mol. The number of carbonyl (C=O) groups excluding carboxylic acids is 1. The van der Waals surface area contributed by atoms with E-state index >= 15 is 0 Å². The van der Waals surface area contributed by atoms with Gasteiger partial charge in [0.2, 0.25) is 5.03 Å². The fourth-order valence-electron chi connectivity index (χ4n) is 4.38. The van der Waals surface area contributed by atoms with Crippen LogP contribution in [0.25, 0.3) is 0 Å². The molecule has 0 spiro atoms. The Balaban J connectivity index is 1.54. The zero-order chi connectivity index (χ0) is 25.2. The highest BCUT2D eigenvalue weighted by Crippen LogP contribution is 2.26. The van der Waals surface area contributed by atoms with E-state index in [1.54, 1.807) is 0 Å². The molecule has 0 saturated carbocycles. The molecule has 0 bridgehead atoms. The van der Waals surface area contributed by atoms with E-state index in [2.05, 4.69) is 41.3 Å². The molecule has 1 saturated heterocycles. The SMILES string of the molecule is CCn1cc(C(=O)N[C@@H](C)c2ccccc2)c(S(=O)(=O)N2CCN(c3cccc(C)c3C)CC2)n1. The topological polar surface area (TPSA) is 87.5 Å². The number of aromatic nitrogens is 2. The van der Waals surface area contributed by atoms with Gasteiger partial charge in [0, 0.05) is 44.6 Å². The van der Waals surface area contributed by atoms with E-state index in [4.69, 9.17) is 0 Å². The lowest BCUT2D eigenvalue weighted by molar-refractivity contribution is 0.0936. The van der Waals surface area contributed by atoms with Crippen molar-refractivity contribution in [2.24, 2.45) is 0 Å². The van der Waals surface area contributed by atoms with E-state index in [-0.39, 0.29) is 16.6 Å². The minimum atomic E-state index is -3.94. The third-order valence-electron chi connectivity index (χ3n) is 6.68. The van der Waals surface area contributed by atoms with Crippen molar-refractivity contribution in [3.05, 3.63) is 77.0 Å². The summed E-state index contributed by atoms with van der Waals surface area (Å²) in [6, 6.07) is 15.5. The molecule has 0 radical (unpaired) electrons. The third-order valence-corrected chi connectivity index (χ3v) is 8.52. The number of hydrogen-bond donors (Lipinski definition) is 1. The molecular formula is C26H33N5O3S. The first-order valence-corrected chi connectivity index (χ1v) is 13.4. The first kappa shape index (κ1) is 24.9. The van der Waals surface area contributed by atoms with Crippen LogP contribution in [0.15, 0.2) is 59.8 Å².